The lowest BCUT2D eigenvalue weighted by Crippen LogP contribution is -2.12. The Balaban J connectivity index is 2.43. The first-order chi connectivity index (χ1) is 8.11. The number of rotatable bonds is 2. The predicted octanol–water partition coefficient (Wildman–Crippen LogP) is 0.835. The van der Waals surface area contributed by atoms with Crippen molar-refractivity contribution in [1.82, 2.24) is 19.7 Å². The lowest BCUT2D eigenvalue weighted by atomic mass is 10.3. The van der Waals surface area contributed by atoms with Gasteiger partial charge in [0.05, 0.1) is 5.56 Å². The van der Waals surface area contributed by atoms with Crippen molar-refractivity contribution in [2.24, 2.45) is 7.05 Å². The molecule has 1 N–H and O–H groups in total. The second-order valence-corrected chi connectivity index (χ2v) is 4.35. The molecule has 2 heterocycles. The van der Waals surface area contributed by atoms with Gasteiger partial charge in [-0.25, -0.2) is 14.9 Å². The van der Waals surface area contributed by atoms with Gasteiger partial charge in [0.25, 0.3) is 0 Å². The molecule has 2 rings (SSSR count). The van der Waals surface area contributed by atoms with E-state index >= 15 is 0 Å². The molecule has 0 saturated heterocycles. The molecule has 86 valence electrons. The monoisotopic (exact) mass is 247 g/mol. The molecule has 17 heavy (non-hydrogen) atoms. The maximum absolute atomic E-state index is 11.2. The van der Waals surface area contributed by atoms with Gasteiger partial charge in [0.15, 0.2) is 5.16 Å². The van der Waals surface area contributed by atoms with E-state index in [1.165, 1.54) is 16.3 Å². The summed E-state index contributed by atoms with van der Waals surface area (Å²) in [5.41, 5.74) is 0.988. The van der Waals surface area contributed by atoms with Crippen LogP contribution in [-0.2, 0) is 7.05 Å². The van der Waals surface area contributed by atoms with E-state index in [4.69, 9.17) is 5.26 Å². The number of nitriles is 1. The largest absolute Gasteiger partial charge is 0.343 e. The molecule has 0 amide bonds. The number of pyridine rings is 1. The third kappa shape index (κ3) is 2.21. The number of H-pyrrole nitrogens is 1. The van der Waals surface area contributed by atoms with Crippen molar-refractivity contribution >= 4 is 11.8 Å². The number of hydrogen-bond acceptors (Lipinski definition) is 5. The second kappa shape index (κ2) is 4.43. The molecule has 0 aliphatic rings. The Kier molecular flexibility index (Phi) is 2.97. The van der Waals surface area contributed by atoms with Gasteiger partial charge in [-0.2, -0.15) is 5.26 Å². The summed E-state index contributed by atoms with van der Waals surface area (Å²) in [5, 5.41) is 16.2. The third-order valence-electron chi connectivity index (χ3n) is 2.15. The van der Waals surface area contributed by atoms with E-state index < -0.39 is 0 Å². The van der Waals surface area contributed by atoms with E-state index in [0.717, 1.165) is 5.69 Å². The van der Waals surface area contributed by atoms with Gasteiger partial charge < -0.3 is 0 Å². The maximum atomic E-state index is 11.2. The number of nitrogens with one attached hydrogen (secondary N) is 1. The molecule has 0 radical (unpaired) electrons. The average molecular weight is 247 g/mol. The summed E-state index contributed by atoms with van der Waals surface area (Å²) in [7, 11) is 1.61. The zero-order valence-electron chi connectivity index (χ0n) is 9.26. The van der Waals surface area contributed by atoms with Crippen LogP contribution in [0.5, 0.6) is 0 Å². The van der Waals surface area contributed by atoms with Gasteiger partial charge in [0.2, 0.25) is 0 Å². The third-order valence-corrected chi connectivity index (χ3v) is 3.20. The Morgan fingerprint density at radius 3 is 2.88 bits per heavy atom. The molecule has 0 saturated carbocycles. The van der Waals surface area contributed by atoms with Gasteiger partial charge in [-0.1, -0.05) is 0 Å². The summed E-state index contributed by atoms with van der Waals surface area (Å²) in [4.78, 5) is 15.5. The standard InChI is InChI=1S/C10H9N5OS/c1-6-3-4-7(5-11)8(12-6)17-10-14-13-9(16)15(10)2/h3-4H,1-2H3,(H,13,16). The van der Waals surface area contributed by atoms with Crippen LogP contribution in [-0.4, -0.2) is 19.7 Å². The van der Waals surface area contributed by atoms with Gasteiger partial charge in [0, 0.05) is 12.7 Å². The molecule has 0 fully saturated rings. The maximum Gasteiger partial charge on any atom is 0.343 e. The molecule has 0 atom stereocenters. The Labute approximate surface area is 101 Å². The summed E-state index contributed by atoms with van der Waals surface area (Å²) >= 11 is 1.19. The molecule has 0 aliphatic heterocycles. The molecular formula is C10H9N5OS. The first-order valence-corrected chi connectivity index (χ1v) is 5.60. The van der Waals surface area contributed by atoms with Crippen molar-refractivity contribution in [3.05, 3.63) is 33.9 Å². The average Bonchev–Trinajstić information content (AvgIpc) is 2.61. The van der Waals surface area contributed by atoms with E-state index in [-0.39, 0.29) is 5.69 Å². The van der Waals surface area contributed by atoms with Crippen molar-refractivity contribution in [3.63, 3.8) is 0 Å². The first kappa shape index (κ1) is 11.4. The van der Waals surface area contributed by atoms with Crippen LogP contribution < -0.4 is 5.69 Å². The Hall–Kier alpha value is -2.07. The Bertz CT molecular complexity index is 651. The minimum Gasteiger partial charge on any atom is -0.273 e. The number of hydrogen-bond donors (Lipinski definition) is 1. The molecule has 2 aromatic heterocycles. The lowest BCUT2D eigenvalue weighted by molar-refractivity contribution is 0.764. The van der Waals surface area contributed by atoms with Crippen molar-refractivity contribution in [1.29, 1.82) is 5.26 Å². The summed E-state index contributed by atoms with van der Waals surface area (Å²) in [6, 6.07) is 5.53. The first-order valence-electron chi connectivity index (χ1n) is 4.79. The molecule has 2 aromatic rings. The minimum atomic E-state index is -0.293. The van der Waals surface area contributed by atoms with Gasteiger partial charge >= 0.3 is 5.69 Å². The van der Waals surface area contributed by atoms with E-state index in [9.17, 15) is 4.79 Å². The molecule has 0 unspecified atom stereocenters. The quantitative estimate of drug-likeness (QED) is 0.849. The van der Waals surface area contributed by atoms with Gasteiger partial charge in [0.1, 0.15) is 11.1 Å². The minimum absolute atomic E-state index is 0.293. The molecule has 0 spiro atoms. The number of aromatic nitrogens is 4. The van der Waals surface area contributed by atoms with E-state index in [2.05, 4.69) is 21.3 Å². The topological polar surface area (TPSA) is 87.4 Å². The SMILES string of the molecule is Cc1ccc(C#N)c(Sc2n[nH]c(=O)n2C)n1. The smallest absolute Gasteiger partial charge is 0.273 e. The van der Waals surface area contributed by atoms with E-state index in [0.29, 0.717) is 15.7 Å². The van der Waals surface area contributed by atoms with Crippen LogP contribution in [0, 0.1) is 18.3 Å². The molecule has 7 heteroatoms. The van der Waals surface area contributed by atoms with Gasteiger partial charge in [-0.15, -0.1) is 5.10 Å². The lowest BCUT2D eigenvalue weighted by Gasteiger charge is -2.02. The molecule has 0 aliphatic carbocycles. The van der Waals surface area contributed by atoms with Crippen molar-refractivity contribution < 1.29 is 0 Å². The zero-order valence-corrected chi connectivity index (χ0v) is 10.1. The highest BCUT2D eigenvalue weighted by molar-refractivity contribution is 7.99. The highest BCUT2D eigenvalue weighted by Crippen LogP contribution is 2.25. The Morgan fingerprint density at radius 1 is 1.53 bits per heavy atom. The summed E-state index contributed by atoms with van der Waals surface area (Å²) in [6.07, 6.45) is 0. The fourth-order valence-electron chi connectivity index (χ4n) is 1.21. The van der Waals surface area contributed by atoms with Gasteiger partial charge in [-0.05, 0) is 30.8 Å². The second-order valence-electron chi connectivity index (χ2n) is 3.39. The number of aryl methyl sites for hydroxylation is 1. The Morgan fingerprint density at radius 2 is 2.29 bits per heavy atom. The van der Waals surface area contributed by atoms with E-state index in [1.807, 2.05) is 6.92 Å². The van der Waals surface area contributed by atoms with E-state index in [1.54, 1.807) is 19.2 Å². The number of nitrogens with zero attached hydrogens (tertiary/aromatic N) is 4. The van der Waals surface area contributed by atoms with Crippen LogP contribution in [0.1, 0.15) is 11.3 Å². The van der Waals surface area contributed by atoms with Crippen LogP contribution in [0.15, 0.2) is 27.1 Å². The number of aromatic amines is 1. The fraction of sp³-hybridized carbons (Fsp3) is 0.200. The van der Waals surface area contributed by atoms with Crippen molar-refractivity contribution in [2.45, 2.75) is 17.1 Å². The highest BCUT2D eigenvalue weighted by atomic mass is 32.2. The van der Waals surface area contributed by atoms with Crippen LogP contribution in [0.25, 0.3) is 0 Å². The molecular weight excluding hydrogens is 238 g/mol. The van der Waals surface area contributed by atoms with Gasteiger partial charge in [-0.3, -0.25) is 4.57 Å². The predicted molar refractivity (Wildman–Crippen MR) is 61.6 cm³/mol. The molecule has 0 aromatic carbocycles. The summed E-state index contributed by atoms with van der Waals surface area (Å²) < 4.78 is 1.37. The fourth-order valence-corrected chi connectivity index (χ4v) is 2.10. The molecule has 6 nitrogen and oxygen atoms in total. The van der Waals surface area contributed by atoms with Crippen LogP contribution >= 0.6 is 11.8 Å². The van der Waals surface area contributed by atoms with Crippen LogP contribution in [0.3, 0.4) is 0 Å². The van der Waals surface area contributed by atoms with Crippen LogP contribution in [0.4, 0.5) is 0 Å². The zero-order chi connectivity index (χ0) is 12.4. The normalized spacial score (nSPS) is 10.2. The van der Waals surface area contributed by atoms with Crippen LogP contribution in [0.2, 0.25) is 0 Å². The highest BCUT2D eigenvalue weighted by Gasteiger charge is 2.11. The van der Waals surface area contributed by atoms with Crippen molar-refractivity contribution in [3.8, 4) is 6.07 Å². The van der Waals surface area contributed by atoms with Crippen molar-refractivity contribution in [2.75, 3.05) is 0 Å². The summed E-state index contributed by atoms with van der Waals surface area (Å²) in [6.45, 7) is 1.84. The summed E-state index contributed by atoms with van der Waals surface area (Å²) in [5.74, 6) is 0. The molecule has 0 bridgehead atoms.